The highest BCUT2D eigenvalue weighted by atomic mass is 16.6. The molecule has 5 nitrogen and oxygen atoms in total. The van der Waals surface area contributed by atoms with Crippen LogP contribution in [0.3, 0.4) is 0 Å². The first-order chi connectivity index (χ1) is 10.6. The normalized spacial score (nSPS) is 10.9. The van der Waals surface area contributed by atoms with Gasteiger partial charge in [-0.3, -0.25) is 5.32 Å². The lowest BCUT2D eigenvalue weighted by Crippen LogP contribution is -2.17. The minimum atomic E-state index is -0.445. The molecule has 1 amide bonds. The number of anilines is 1. The van der Waals surface area contributed by atoms with Crippen LogP contribution in [0.5, 0.6) is 0 Å². The molecule has 0 unspecified atom stereocenters. The summed E-state index contributed by atoms with van der Waals surface area (Å²) in [4.78, 5) is 19.0. The van der Waals surface area contributed by atoms with E-state index >= 15 is 0 Å². The van der Waals surface area contributed by atoms with Crippen molar-refractivity contribution >= 4 is 22.8 Å². The van der Waals surface area contributed by atoms with Crippen LogP contribution in [-0.4, -0.2) is 22.2 Å². The Labute approximate surface area is 128 Å². The maximum atomic E-state index is 11.6. The molecule has 0 saturated carbocycles. The number of hydrogen-bond acceptors (Lipinski definition) is 3. The number of amides is 1. The molecule has 0 fully saturated rings. The van der Waals surface area contributed by atoms with Gasteiger partial charge >= 0.3 is 6.09 Å². The fourth-order valence-electron chi connectivity index (χ4n) is 2.31. The average Bonchev–Trinajstić information content (AvgIpc) is 2.95. The molecule has 0 atom stereocenters. The van der Waals surface area contributed by atoms with Crippen molar-refractivity contribution in [2.24, 2.45) is 0 Å². The number of ether oxygens (including phenoxy) is 1. The Morgan fingerprint density at radius 3 is 2.68 bits per heavy atom. The van der Waals surface area contributed by atoms with Crippen LogP contribution in [0.2, 0.25) is 0 Å². The molecule has 0 bridgehead atoms. The first-order valence-corrected chi connectivity index (χ1v) is 7.13. The molecule has 1 aromatic carbocycles. The van der Waals surface area contributed by atoms with Gasteiger partial charge in [0.1, 0.15) is 5.65 Å². The van der Waals surface area contributed by atoms with Crippen molar-refractivity contribution in [2.75, 3.05) is 5.32 Å². The molecule has 22 heavy (non-hydrogen) atoms. The Kier molecular flexibility index (Phi) is 3.78. The van der Waals surface area contributed by atoms with Gasteiger partial charge in [0.05, 0.1) is 6.10 Å². The Bertz CT molecular complexity index is 791. The minimum absolute atomic E-state index is 0.141. The highest BCUT2D eigenvalue weighted by Crippen LogP contribution is 2.27. The quantitative estimate of drug-likeness (QED) is 0.761. The van der Waals surface area contributed by atoms with E-state index in [1.54, 1.807) is 6.20 Å². The third kappa shape index (κ3) is 2.93. The number of pyridine rings is 1. The second-order valence-corrected chi connectivity index (χ2v) is 5.25. The fourth-order valence-corrected chi connectivity index (χ4v) is 2.31. The Hall–Kier alpha value is -2.82. The Balaban J connectivity index is 1.82. The zero-order chi connectivity index (χ0) is 15.5. The summed E-state index contributed by atoms with van der Waals surface area (Å²) in [6, 6.07) is 11.6. The molecule has 0 spiro atoms. The van der Waals surface area contributed by atoms with Gasteiger partial charge in [0.25, 0.3) is 0 Å². The van der Waals surface area contributed by atoms with Crippen molar-refractivity contribution in [3.63, 3.8) is 0 Å². The smallest absolute Gasteiger partial charge is 0.411 e. The molecule has 0 radical (unpaired) electrons. The number of carbonyl (C=O) groups is 1. The van der Waals surface area contributed by atoms with E-state index in [9.17, 15) is 4.79 Å². The molecule has 0 aliphatic carbocycles. The van der Waals surface area contributed by atoms with Gasteiger partial charge in [-0.15, -0.1) is 0 Å². The number of aromatic amines is 1. The molecule has 112 valence electrons. The van der Waals surface area contributed by atoms with E-state index in [1.165, 1.54) is 0 Å². The number of fused-ring (bicyclic) bond motifs is 1. The third-order valence-electron chi connectivity index (χ3n) is 3.25. The third-order valence-corrected chi connectivity index (χ3v) is 3.25. The summed E-state index contributed by atoms with van der Waals surface area (Å²) in [5.41, 5.74) is 3.73. The number of rotatable bonds is 3. The van der Waals surface area contributed by atoms with Crippen LogP contribution in [0.25, 0.3) is 22.2 Å². The number of nitrogens with one attached hydrogen (secondary N) is 2. The summed E-state index contributed by atoms with van der Waals surface area (Å²) >= 11 is 0. The Morgan fingerprint density at radius 2 is 1.95 bits per heavy atom. The molecule has 0 aliphatic rings. The van der Waals surface area contributed by atoms with E-state index in [1.807, 2.05) is 56.4 Å². The molecule has 0 aliphatic heterocycles. The highest BCUT2D eigenvalue weighted by molar-refractivity contribution is 5.93. The summed E-state index contributed by atoms with van der Waals surface area (Å²) in [7, 11) is 0. The van der Waals surface area contributed by atoms with Crippen molar-refractivity contribution in [1.29, 1.82) is 0 Å². The SMILES string of the molecule is CC(C)OC(=O)Nc1ccc(-c2ccnc3[nH]ccc23)cc1. The van der Waals surface area contributed by atoms with E-state index in [2.05, 4.69) is 15.3 Å². The lowest BCUT2D eigenvalue weighted by atomic mass is 10.0. The largest absolute Gasteiger partial charge is 0.447 e. The molecule has 2 heterocycles. The van der Waals surface area contributed by atoms with Crippen LogP contribution in [0.15, 0.2) is 48.8 Å². The van der Waals surface area contributed by atoms with Gasteiger partial charge in [-0.25, -0.2) is 9.78 Å². The second-order valence-electron chi connectivity index (χ2n) is 5.25. The van der Waals surface area contributed by atoms with Crippen molar-refractivity contribution in [2.45, 2.75) is 20.0 Å². The average molecular weight is 295 g/mol. The van der Waals surface area contributed by atoms with Crippen LogP contribution >= 0.6 is 0 Å². The monoisotopic (exact) mass is 295 g/mol. The van der Waals surface area contributed by atoms with Gasteiger partial charge in [-0.2, -0.15) is 0 Å². The van der Waals surface area contributed by atoms with E-state index in [0.29, 0.717) is 5.69 Å². The van der Waals surface area contributed by atoms with Crippen LogP contribution in [-0.2, 0) is 4.74 Å². The topological polar surface area (TPSA) is 67.0 Å². The van der Waals surface area contributed by atoms with Gasteiger partial charge < -0.3 is 9.72 Å². The number of aromatic nitrogens is 2. The Morgan fingerprint density at radius 1 is 1.18 bits per heavy atom. The standard InChI is InChI=1S/C17H17N3O2/c1-11(2)22-17(21)20-13-5-3-12(4-6-13)14-7-9-18-16-15(14)8-10-19-16/h3-11H,1-2H3,(H,18,19)(H,20,21). The number of nitrogens with zero attached hydrogens (tertiary/aromatic N) is 1. The maximum absolute atomic E-state index is 11.6. The second kappa shape index (κ2) is 5.89. The van der Waals surface area contributed by atoms with Crippen LogP contribution < -0.4 is 5.32 Å². The van der Waals surface area contributed by atoms with Gasteiger partial charge in [-0.1, -0.05) is 12.1 Å². The zero-order valence-corrected chi connectivity index (χ0v) is 12.5. The van der Waals surface area contributed by atoms with Gasteiger partial charge in [-0.05, 0) is 49.2 Å². The predicted octanol–water partition coefficient (Wildman–Crippen LogP) is 4.19. The number of carbonyl (C=O) groups excluding carboxylic acids is 1. The molecule has 5 heteroatoms. The van der Waals surface area contributed by atoms with Gasteiger partial charge in [0.15, 0.2) is 0 Å². The molecular formula is C17H17N3O2. The van der Waals surface area contributed by atoms with Crippen molar-refractivity contribution < 1.29 is 9.53 Å². The summed E-state index contributed by atoms with van der Waals surface area (Å²) in [6.07, 6.45) is 3.07. The highest BCUT2D eigenvalue weighted by Gasteiger charge is 2.07. The lowest BCUT2D eigenvalue weighted by molar-refractivity contribution is 0.130. The molecule has 2 aromatic heterocycles. The summed E-state index contributed by atoms with van der Waals surface area (Å²) in [6.45, 7) is 3.63. The number of benzene rings is 1. The molecule has 3 rings (SSSR count). The van der Waals surface area contributed by atoms with Crippen molar-refractivity contribution in [3.8, 4) is 11.1 Å². The maximum Gasteiger partial charge on any atom is 0.411 e. The van der Waals surface area contributed by atoms with Crippen molar-refractivity contribution in [3.05, 3.63) is 48.8 Å². The van der Waals surface area contributed by atoms with Crippen LogP contribution in [0, 0.1) is 0 Å². The number of hydrogen-bond donors (Lipinski definition) is 2. The minimum Gasteiger partial charge on any atom is -0.447 e. The molecule has 2 N–H and O–H groups in total. The van der Waals surface area contributed by atoms with E-state index in [-0.39, 0.29) is 6.10 Å². The summed E-state index contributed by atoms with van der Waals surface area (Å²) in [5.74, 6) is 0. The summed E-state index contributed by atoms with van der Waals surface area (Å²) < 4.78 is 5.05. The van der Waals surface area contributed by atoms with E-state index in [0.717, 1.165) is 22.2 Å². The number of H-pyrrole nitrogens is 1. The van der Waals surface area contributed by atoms with Crippen LogP contribution in [0.1, 0.15) is 13.8 Å². The molecule has 3 aromatic rings. The van der Waals surface area contributed by atoms with Crippen LogP contribution in [0.4, 0.5) is 10.5 Å². The van der Waals surface area contributed by atoms with E-state index < -0.39 is 6.09 Å². The fraction of sp³-hybridized carbons (Fsp3) is 0.176. The first-order valence-electron chi connectivity index (χ1n) is 7.13. The zero-order valence-electron chi connectivity index (χ0n) is 12.5. The van der Waals surface area contributed by atoms with Gasteiger partial charge in [0, 0.05) is 23.5 Å². The summed E-state index contributed by atoms with van der Waals surface area (Å²) in [5, 5.41) is 3.78. The molecular weight excluding hydrogens is 278 g/mol. The van der Waals surface area contributed by atoms with Gasteiger partial charge in [0.2, 0.25) is 0 Å². The first kappa shape index (κ1) is 14.1. The van der Waals surface area contributed by atoms with E-state index in [4.69, 9.17) is 4.74 Å². The molecule has 0 saturated heterocycles. The predicted molar refractivity (Wildman–Crippen MR) is 86.8 cm³/mol. The lowest BCUT2D eigenvalue weighted by Gasteiger charge is -2.10. The van der Waals surface area contributed by atoms with Crippen molar-refractivity contribution in [1.82, 2.24) is 9.97 Å².